The van der Waals surface area contributed by atoms with Gasteiger partial charge in [-0.25, -0.2) is 0 Å². The molecular formula is C28H50N4O2. The van der Waals surface area contributed by atoms with Crippen LogP contribution in [0.15, 0.2) is 0 Å². The third-order valence-corrected chi connectivity index (χ3v) is 8.61. The number of amides is 2. The maximum absolute atomic E-state index is 13.8. The van der Waals surface area contributed by atoms with Crippen LogP contribution < -0.4 is 0 Å². The zero-order valence-corrected chi connectivity index (χ0v) is 22.4. The van der Waals surface area contributed by atoms with Crippen LogP contribution in [0.5, 0.6) is 0 Å². The monoisotopic (exact) mass is 474 g/mol. The second-order valence-electron chi connectivity index (χ2n) is 12.4. The third kappa shape index (κ3) is 6.54. The summed E-state index contributed by atoms with van der Waals surface area (Å²) in [6.45, 7) is 15.9. The minimum Gasteiger partial charge on any atom is -0.341 e. The predicted octanol–water partition coefficient (Wildman–Crippen LogP) is 3.85. The van der Waals surface area contributed by atoms with E-state index in [1.54, 1.807) is 0 Å². The minimum atomic E-state index is -0.287. The zero-order valence-electron chi connectivity index (χ0n) is 22.4. The quantitative estimate of drug-likeness (QED) is 0.483. The van der Waals surface area contributed by atoms with Gasteiger partial charge in [0.05, 0.1) is 6.04 Å². The lowest BCUT2D eigenvalue weighted by Gasteiger charge is -2.46. The van der Waals surface area contributed by atoms with Gasteiger partial charge in [0.1, 0.15) is 6.04 Å². The van der Waals surface area contributed by atoms with Gasteiger partial charge in [0.15, 0.2) is 0 Å². The van der Waals surface area contributed by atoms with Crippen molar-refractivity contribution < 1.29 is 9.59 Å². The van der Waals surface area contributed by atoms with Gasteiger partial charge in [-0.15, -0.1) is 0 Å². The first-order valence-electron chi connectivity index (χ1n) is 14.4. The lowest BCUT2D eigenvalue weighted by molar-refractivity contribution is -0.155. The van der Waals surface area contributed by atoms with E-state index in [4.69, 9.17) is 0 Å². The number of hydrogen-bond donors (Lipinski definition) is 0. The lowest BCUT2D eigenvalue weighted by Crippen LogP contribution is -2.63. The molecule has 0 aromatic rings. The highest BCUT2D eigenvalue weighted by atomic mass is 16.2. The predicted molar refractivity (Wildman–Crippen MR) is 138 cm³/mol. The third-order valence-electron chi connectivity index (χ3n) is 8.61. The highest BCUT2D eigenvalue weighted by molar-refractivity contribution is 5.90. The Morgan fingerprint density at radius 1 is 0.882 bits per heavy atom. The molecule has 0 spiro atoms. The Kier molecular flexibility index (Phi) is 8.95. The van der Waals surface area contributed by atoms with Crippen molar-refractivity contribution in [1.29, 1.82) is 0 Å². The molecule has 2 atom stereocenters. The van der Waals surface area contributed by atoms with Crippen LogP contribution in [0, 0.1) is 17.8 Å². The van der Waals surface area contributed by atoms with Crippen molar-refractivity contribution in [2.75, 3.05) is 45.8 Å². The molecule has 6 heteroatoms. The molecule has 4 rings (SSSR count). The van der Waals surface area contributed by atoms with Gasteiger partial charge < -0.3 is 14.7 Å². The van der Waals surface area contributed by atoms with Crippen LogP contribution in [-0.2, 0) is 9.59 Å². The summed E-state index contributed by atoms with van der Waals surface area (Å²) >= 11 is 0. The topological polar surface area (TPSA) is 47.1 Å². The normalized spacial score (nSPS) is 26.8. The van der Waals surface area contributed by atoms with Crippen molar-refractivity contribution in [1.82, 2.24) is 19.6 Å². The fourth-order valence-corrected chi connectivity index (χ4v) is 6.49. The molecule has 0 bridgehead atoms. The molecule has 0 N–H and O–H groups in total. The smallest absolute Gasteiger partial charge is 0.245 e. The Bertz CT molecular complexity index is 678. The number of piperidine rings is 1. The number of carbonyl (C=O) groups is 2. The van der Waals surface area contributed by atoms with E-state index in [9.17, 15) is 9.59 Å². The molecule has 1 aliphatic carbocycles. The Hall–Kier alpha value is -1.14. The molecule has 4 fully saturated rings. The summed E-state index contributed by atoms with van der Waals surface area (Å²) in [4.78, 5) is 36.8. The summed E-state index contributed by atoms with van der Waals surface area (Å²) in [6.07, 6.45) is 10.3. The summed E-state index contributed by atoms with van der Waals surface area (Å²) in [5.74, 6) is 2.04. The SMILES string of the molecule is CC(C)CC(C(=O)N1CCC(CCN2CCCC2)CC1)N1CCN(C2CC2)[C@@H](CC(C)C)C1=O. The van der Waals surface area contributed by atoms with Crippen molar-refractivity contribution in [3.05, 3.63) is 0 Å². The molecule has 2 amide bonds. The van der Waals surface area contributed by atoms with Crippen LogP contribution in [0.2, 0.25) is 0 Å². The van der Waals surface area contributed by atoms with Gasteiger partial charge in [0, 0.05) is 32.2 Å². The van der Waals surface area contributed by atoms with E-state index < -0.39 is 0 Å². The summed E-state index contributed by atoms with van der Waals surface area (Å²) in [5.41, 5.74) is 0. The largest absolute Gasteiger partial charge is 0.341 e. The van der Waals surface area contributed by atoms with E-state index in [0.29, 0.717) is 24.4 Å². The van der Waals surface area contributed by atoms with Crippen LogP contribution in [0.25, 0.3) is 0 Å². The highest BCUT2D eigenvalue weighted by Gasteiger charge is 2.45. The van der Waals surface area contributed by atoms with Crippen LogP contribution >= 0.6 is 0 Å². The molecule has 34 heavy (non-hydrogen) atoms. The van der Waals surface area contributed by atoms with Crippen LogP contribution in [0.4, 0.5) is 0 Å². The summed E-state index contributed by atoms with van der Waals surface area (Å²) in [5, 5.41) is 0. The Morgan fingerprint density at radius 2 is 1.56 bits per heavy atom. The lowest BCUT2D eigenvalue weighted by atomic mass is 9.91. The summed E-state index contributed by atoms with van der Waals surface area (Å²) in [7, 11) is 0. The number of likely N-dealkylation sites (tertiary alicyclic amines) is 2. The van der Waals surface area contributed by atoms with E-state index >= 15 is 0 Å². The maximum Gasteiger partial charge on any atom is 0.245 e. The number of piperazine rings is 1. The second kappa shape index (κ2) is 11.7. The molecule has 3 aliphatic heterocycles. The summed E-state index contributed by atoms with van der Waals surface area (Å²) in [6, 6.07) is 0.262. The Balaban J connectivity index is 1.37. The molecule has 1 unspecified atom stereocenters. The van der Waals surface area contributed by atoms with Gasteiger partial charge in [0.2, 0.25) is 11.8 Å². The standard InChI is InChI=1S/C28H50N4O2/c1-21(2)19-25(32-18-17-31(24-7-8-24)26(28(32)34)20-22(3)4)27(33)30-15-10-23(11-16-30)9-14-29-12-5-6-13-29/h21-26H,5-20H2,1-4H3/t25?,26-/m0/s1. The number of nitrogens with zero attached hydrogens (tertiary/aromatic N) is 4. The molecule has 3 heterocycles. The van der Waals surface area contributed by atoms with Gasteiger partial charge in [-0.05, 0) is 95.2 Å². The van der Waals surface area contributed by atoms with Crippen molar-refractivity contribution in [2.24, 2.45) is 17.8 Å². The van der Waals surface area contributed by atoms with E-state index in [2.05, 4.69) is 42.4 Å². The van der Waals surface area contributed by atoms with Crippen molar-refractivity contribution in [2.45, 2.75) is 104 Å². The number of hydrogen-bond acceptors (Lipinski definition) is 4. The van der Waals surface area contributed by atoms with Gasteiger partial charge >= 0.3 is 0 Å². The first-order chi connectivity index (χ1) is 16.3. The first kappa shape index (κ1) is 25.9. The Labute approximate surface area is 208 Å². The van der Waals surface area contributed by atoms with Gasteiger partial charge in [-0.2, -0.15) is 0 Å². The zero-order chi connectivity index (χ0) is 24.2. The molecular weight excluding hydrogens is 424 g/mol. The highest BCUT2D eigenvalue weighted by Crippen LogP contribution is 2.34. The molecule has 6 nitrogen and oxygen atoms in total. The van der Waals surface area contributed by atoms with Gasteiger partial charge in [0.25, 0.3) is 0 Å². The maximum atomic E-state index is 13.8. The average Bonchev–Trinajstić information content (AvgIpc) is 3.51. The minimum absolute atomic E-state index is 0.0416. The van der Waals surface area contributed by atoms with Crippen molar-refractivity contribution in [3.8, 4) is 0 Å². The van der Waals surface area contributed by atoms with Crippen molar-refractivity contribution >= 4 is 11.8 Å². The first-order valence-corrected chi connectivity index (χ1v) is 14.4. The molecule has 1 saturated carbocycles. The van der Waals surface area contributed by atoms with E-state index in [0.717, 1.165) is 51.2 Å². The fourth-order valence-electron chi connectivity index (χ4n) is 6.49. The molecule has 0 aromatic carbocycles. The molecule has 194 valence electrons. The second-order valence-corrected chi connectivity index (χ2v) is 12.4. The summed E-state index contributed by atoms with van der Waals surface area (Å²) < 4.78 is 0. The van der Waals surface area contributed by atoms with Crippen LogP contribution in [0.1, 0.15) is 85.5 Å². The fraction of sp³-hybridized carbons (Fsp3) is 0.929. The van der Waals surface area contributed by atoms with Crippen molar-refractivity contribution in [3.63, 3.8) is 0 Å². The average molecular weight is 475 g/mol. The number of carbonyl (C=O) groups excluding carboxylic acids is 2. The van der Waals surface area contributed by atoms with Gasteiger partial charge in [-0.3, -0.25) is 14.5 Å². The van der Waals surface area contributed by atoms with Gasteiger partial charge in [-0.1, -0.05) is 27.7 Å². The van der Waals surface area contributed by atoms with Crippen LogP contribution in [0.3, 0.4) is 0 Å². The molecule has 0 aromatic heterocycles. The number of rotatable bonds is 10. The van der Waals surface area contributed by atoms with E-state index in [1.165, 1.54) is 51.7 Å². The molecule has 4 aliphatic rings. The van der Waals surface area contributed by atoms with E-state index in [1.807, 2.05) is 4.90 Å². The van der Waals surface area contributed by atoms with E-state index in [-0.39, 0.29) is 23.9 Å². The molecule has 0 radical (unpaired) electrons. The van der Waals surface area contributed by atoms with Crippen LogP contribution in [-0.4, -0.2) is 95.4 Å². The molecule has 3 saturated heterocycles. The Morgan fingerprint density at radius 3 is 2.15 bits per heavy atom.